The number of imide groups is 1. The Hall–Kier alpha value is -5.87. The van der Waals surface area contributed by atoms with Gasteiger partial charge in [-0.1, -0.05) is 6.07 Å². The highest BCUT2D eigenvalue weighted by Gasteiger charge is 2.40. The Balaban J connectivity index is 0.744. The maximum atomic E-state index is 15.1. The molecule has 4 aliphatic rings. The Morgan fingerprint density at radius 1 is 0.914 bits per heavy atom. The third-order valence-corrected chi connectivity index (χ3v) is 11.7. The second-order valence-corrected chi connectivity index (χ2v) is 16.1. The van der Waals surface area contributed by atoms with Crippen LogP contribution in [0.15, 0.2) is 54.9 Å². The van der Waals surface area contributed by atoms with Crippen LogP contribution >= 0.6 is 0 Å². The number of nitrogens with zero attached hydrogens (tertiary/aromatic N) is 9. The highest BCUT2D eigenvalue weighted by molar-refractivity contribution is 6.05. The average molecular weight is 790 g/mol. The number of anilines is 3. The van der Waals surface area contributed by atoms with Crippen molar-refractivity contribution in [3.63, 3.8) is 0 Å². The van der Waals surface area contributed by atoms with E-state index in [2.05, 4.69) is 51.3 Å². The lowest BCUT2D eigenvalue weighted by Crippen LogP contribution is -2.54. The smallest absolute Gasteiger partial charge is 0.255 e. The molecule has 14 nitrogen and oxygen atoms in total. The molecule has 0 saturated carbocycles. The summed E-state index contributed by atoms with van der Waals surface area (Å²) in [5.41, 5.74) is 4.84. The number of halogens is 2. The molecule has 3 aromatic heterocycles. The van der Waals surface area contributed by atoms with Gasteiger partial charge in [-0.15, -0.1) is 0 Å². The number of piperazine rings is 1. The van der Waals surface area contributed by atoms with Crippen LogP contribution in [0, 0.1) is 24.5 Å². The van der Waals surface area contributed by atoms with Gasteiger partial charge in [0.15, 0.2) is 11.6 Å². The van der Waals surface area contributed by atoms with E-state index in [1.807, 2.05) is 55.8 Å². The van der Waals surface area contributed by atoms with Gasteiger partial charge in [0.1, 0.15) is 28.9 Å². The number of pyridine rings is 1. The number of rotatable bonds is 10. The molecule has 0 radical (unpaired) electrons. The average Bonchev–Trinajstić information content (AvgIpc) is 3.70. The van der Waals surface area contributed by atoms with Crippen LogP contribution in [-0.4, -0.2) is 109 Å². The van der Waals surface area contributed by atoms with Gasteiger partial charge in [0, 0.05) is 100 Å². The third-order valence-electron chi connectivity index (χ3n) is 11.7. The standard InChI is InChI=1S/C42H45F2N11O3/c1-24(2)55-25(3)47-39-32(43)15-28(16-35(39)55)38-33(44)18-46-42(50-38)48-36-8-4-26(17-45-36)19-51-10-12-52(13-11-51)20-27-21-53(22-27)30-5-6-31-29(14-30)23-54(41(31)58)34-7-9-37(56)49-40(34)57/h4-6,8,14-18,24,27,34H,7,9-13,19-23H2,1-3H3,(H,49,56,57)(H,45,46,48,50). The number of hydrogen-bond donors (Lipinski definition) is 2. The van der Waals surface area contributed by atoms with E-state index in [1.165, 1.54) is 6.07 Å². The molecule has 1 atom stereocenters. The number of imidazole rings is 1. The summed E-state index contributed by atoms with van der Waals surface area (Å²) in [6, 6.07) is 12.2. The Labute approximate surface area is 334 Å². The van der Waals surface area contributed by atoms with Gasteiger partial charge in [0.2, 0.25) is 17.8 Å². The molecule has 3 amide bonds. The molecule has 300 valence electrons. The number of nitrogens with one attached hydrogen (secondary N) is 2. The molecule has 5 aromatic rings. The fourth-order valence-corrected chi connectivity index (χ4v) is 8.80. The first-order valence-electron chi connectivity index (χ1n) is 19.9. The van der Waals surface area contributed by atoms with Gasteiger partial charge in [-0.05, 0) is 74.7 Å². The largest absolute Gasteiger partial charge is 0.371 e. The summed E-state index contributed by atoms with van der Waals surface area (Å²) >= 11 is 0. The van der Waals surface area contributed by atoms with Crippen molar-refractivity contribution in [2.45, 2.75) is 58.8 Å². The molecule has 7 heterocycles. The van der Waals surface area contributed by atoms with E-state index in [9.17, 15) is 14.4 Å². The summed E-state index contributed by atoms with van der Waals surface area (Å²) in [5.74, 6) is -0.116. The number of carbonyl (C=O) groups is 3. The van der Waals surface area contributed by atoms with Gasteiger partial charge in [0.05, 0.1) is 11.7 Å². The molecule has 3 fully saturated rings. The predicted molar refractivity (Wildman–Crippen MR) is 213 cm³/mol. The number of carbonyl (C=O) groups excluding carboxylic acids is 3. The van der Waals surface area contributed by atoms with Crippen molar-refractivity contribution in [2.24, 2.45) is 5.92 Å². The fourth-order valence-electron chi connectivity index (χ4n) is 8.80. The van der Waals surface area contributed by atoms with Crippen LogP contribution in [0.2, 0.25) is 0 Å². The SMILES string of the molecule is Cc1nc2c(F)cc(-c3nc(Nc4ccc(CN5CCN(CC6CN(c7ccc8c(c7)CN(C7CCC(=O)NC7=O)C8=O)C6)CC5)cn4)ncc3F)cc2n1C(C)C. The summed E-state index contributed by atoms with van der Waals surface area (Å²) in [7, 11) is 0. The Morgan fingerprint density at radius 3 is 2.45 bits per heavy atom. The van der Waals surface area contributed by atoms with Crippen LogP contribution in [0.4, 0.5) is 26.2 Å². The maximum absolute atomic E-state index is 15.1. The van der Waals surface area contributed by atoms with Crippen molar-refractivity contribution in [2.75, 3.05) is 56.0 Å². The van der Waals surface area contributed by atoms with Crippen molar-refractivity contribution >= 4 is 46.2 Å². The summed E-state index contributed by atoms with van der Waals surface area (Å²) in [5, 5.41) is 5.43. The predicted octanol–water partition coefficient (Wildman–Crippen LogP) is 4.81. The molecular weight excluding hydrogens is 745 g/mol. The zero-order valence-corrected chi connectivity index (χ0v) is 32.7. The van der Waals surface area contributed by atoms with Gasteiger partial charge in [0.25, 0.3) is 5.91 Å². The molecule has 9 rings (SSSR count). The van der Waals surface area contributed by atoms with Crippen LogP contribution in [0.1, 0.15) is 60.0 Å². The summed E-state index contributed by atoms with van der Waals surface area (Å²) in [4.78, 5) is 63.4. The number of aromatic nitrogens is 5. The molecule has 2 N–H and O–H groups in total. The van der Waals surface area contributed by atoms with Crippen LogP contribution < -0.4 is 15.5 Å². The van der Waals surface area contributed by atoms with E-state index in [-0.39, 0.29) is 41.4 Å². The second kappa shape index (κ2) is 15.1. The molecule has 3 saturated heterocycles. The first-order chi connectivity index (χ1) is 28.0. The quantitative estimate of drug-likeness (QED) is 0.188. The van der Waals surface area contributed by atoms with Gasteiger partial charge in [-0.25, -0.2) is 28.7 Å². The minimum Gasteiger partial charge on any atom is -0.371 e. The Kier molecular flexibility index (Phi) is 9.84. The number of piperidine rings is 1. The van der Waals surface area contributed by atoms with Crippen molar-refractivity contribution in [3.8, 4) is 11.3 Å². The van der Waals surface area contributed by atoms with Crippen molar-refractivity contribution in [1.29, 1.82) is 0 Å². The molecule has 0 aliphatic carbocycles. The summed E-state index contributed by atoms with van der Waals surface area (Å²) < 4.78 is 32.1. The monoisotopic (exact) mass is 789 g/mol. The Morgan fingerprint density at radius 2 is 1.71 bits per heavy atom. The topological polar surface area (TPSA) is 145 Å². The molecule has 58 heavy (non-hydrogen) atoms. The minimum atomic E-state index is -0.660. The molecule has 4 aliphatic heterocycles. The van der Waals surface area contributed by atoms with Gasteiger partial charge in [-0.2, -0.15) is 0 Å². The molecule has 2 aromatic carbocycles. The van der Waals surface area contributed by atoms with Crippen molar-refractivity contribution < 1.29 is 23.2 Å². The highest BCUT2D eigenvalue weighted by atomic mass is 19.1. The minimum absolute atomic E-state index is 0.0164. The number of hydrogen-bond acceptors (Lipinski definition) is 11. The lowest BCUT2D eigenvalue weighted by atomic mass is 9.97. The number of benzene rings is 2. The van der Waals surface area contributed by atoms with E-state index in [1.54, 1.807) is 11.0 Å². The van der Waals surface area contributed by atoms with Crippen molar-refractivity contribution in [3.05, 3.63) is 89.0 Å². The lowest BCUT2D eigenvalue weighted by Gasteiger charge is -2.45. The second-order valence-electron chi connectivity index (χ2n) is 16.1. The Bertz CT molecular complexity index is 2420. The van der Waals surface area contributed by atoms with Gasteiger partial charge >= 0.3 is 0 Å². The molecule has 16 heteroatoms. The first-order valence-corrected chi connectivity index (χ1v) is 19.9. The molecule has 0 bridgehead atoms. The van der Waals surface area contributed by atoms with Gasteiger partial charge in [-0.3, -0.25) is 24.6 Å². The fraction of sp³-hybridized carbons (Fsp3) is 0.405. The van der Waals surface area contributed by atoms with E-state index < -0.39 is 23.6 Å². The lowest BCUT2D eigenvalue weighted by molar-refractivity contribution is -0.136. The third kappa shape index (κ3) is 7.26. The van der Waals surface area contributed by atoms with E-state index >= 15 is 8.78 Å². The zero-order valence-electron chi connectivity index (χ0n) is 32.7. The molecule has 1 unspecified atom stereocenters. The number of amides is 3. The highest BCUT2D eigenvalue weighted by Crippen LogP contribution is 2.34. The number of aryl methyl sites for hydroxylation is 1. The van der Waals surface area contributed by atoms with E-state index in [0.29, 0.717) is 47.2 Å². The normalized spacial score (nSPS) is 19.3. The zero-order chi connectivity index (χ0) is 40.2. The van der Waals surface area contributed by atoms with E-state index in [0.717, 1.165) is 75.4 Å². The summed E-state index contributed by atoms with van der Waals surface area (Å²) in [6.07, 6.45) is 3.50. The summed E-state index contributed by atoms with van der Waals surface area (Å²) in [6.45, 7) is 13.8. The molecule has 0 spiro atoms. The van der Waals surface area contributed by atoms with E-state index in [4.69, 9.17) is 0 Å². The molecular formula is C42H45F2N11O3. The first kappa shape index (κ1) is 37.7. The van der Waals surface area contributed by atoms with Crippen LogP contribution in [0.25, 0.3) is 22.3 Å². The van der Waals surface area contributed by atoms with Crippen LogP contribution in [0.3, 0.4) is 0 Å². The van der Waals surface area contributed by atoms with Crippen molar-refractivity contribution in [1.82, 2.24) is 44.5 Å². The van der Waals surface area contributed by atoms with Crippen LogP contribution in [-0.2, 0) is 22.7 Å². The van der Waals surface area contributed by atoms with Crippen LogP contribution in [0.5, 0.6) is 0 Å². The maximum Gasteiger partial charge on any atom is 0.255 e. The van der Waals surface area contributed by atoms with Gasteiger partial charge < -0.3 is 24.6 Å². The number of fused-ring (bicyclic) bond motifs is 2.